The Morgan fingerprint density at radius 3 is 2.74 bits per heavy atom. The number of hydrogen-bond acceptors (Lipinski definition) is 4. The molecule has 0 aromatic heterocycles. The minimum Gasteiger partial charge on any atom is -0.492 e. The van der Waals surface area contributed by atoms with Gasteiger partial charge in [-0.1, -0.05) is 23.2 Å². The number of rotatable bonds is 5. The van der Waals surface area contributed by atoms with Crippen molar-refractivity contribution < 1.29 is 19.0 Å². The molecule has 23 heavy (non-hydrogen) atoms. The highest BCUT2D eigenvalue weighted by Gasteiger charge is 2.13. The highest BCUT2D eigenvalue weighted by molar-refractivity contribution is 6.42. The number of benzene rings is 2. The Labute approximate surface area is 143 Å². The van der Waals surface area contributed by atoms with Crippen LogP contribution in [0.4, 0.5) is 0 Å². The molecule has 0 saturated carbocycles. The zero-order chi connectivity index (χ0) is 16.2. The van der Waals surface area contributed by atoms with E-state index in [0.717, 1.165) is 0 Å². The quantitative estimate of drug-likeness (QED) is 0.835. The van der Waals surface area contributed by atoms with Crippen LogP contribution in [0.2, 0.25) is 10.0 Å². The van der Waals surface area contributed by atoms with Crippen LogP contribution in [-0.2, 0) is 0 Å². The van der Waals surface area contributed by atoms with Crippen molar-refractivity contribution >= 4 is 29.1 Å². The summed E-state index contributed by atoms with van der Waals surface area (Å²) in [6, 6.07) is 10.0. The van der Waals surface area contributed by atoms with E-state index >= 15 is 0 Å². The standard InChI is InChI=1S/C16H13Cl2NO4/c17-12-3-1-10(7-13(12)18)16(20)19-5-6-21-11-2-4-14-15(8-11)23-9-22-14/h1-4,7-8H,5-6,9H2,(H,19,20). The SMILES string of the molecule is O=C(NCCOc1ccc2c(c1)OCO2)c1ccc(Cl)c(Cl)c1. The number of fused-ring (bicyclic) bond motifs is 1. The van der Waals surface area contributed by atoms with Gasteiger partial charge < -0.3 is 19.5 Å². The van der Waals surface area contributed by atoms with Crippen molar-refractivity contribution in [2.75, 3.05) is 19.9 Å². The molecule has 0 spiro atoms. The second-order valence-corrected chi connectivity index (χ2v) is 5.56. The zero-order valence-corrected chi connectivity index (χ0v) is 13.5. The molecule has 2 aromatic carbocycles. The molecular formula is C16H13Cl2NO4. The van der Waals surface area contributed by atoms with Crippen molar-refractivity contribution in [3.8, 4) is 17.2 Å². The highest BCUT2D eigenvalue weighted by atomic mass is 35.5. The Bertz CT molecular complexity index is 736. The first-order valence-corrected chi connectivity index (χ1v) is 7.65. The van der Waals surface area contributed by atoms with Crippen LogP contribution in [-0.4, -0.2) is 25.9 Å². The second-order valence-electron chi connectivity index (χ2n) is 4.75. The zero-order valence-electron chi connectivity index (χ0n) is 12.0. The normalized spacial score (nSPS) is 12.1. The van der Waals surface area contributed by atoms with E-state index < -0.39 is 0 Å². The summed E-state index contributed by atoms with van der Waals surface area (Å²) < 4.78 is 16.1. The van der Waals surface area contributed by atoms with Crippen LogP contribution in [0, 0.1) is 0 Å². The highest BCUT2D eigenvalue weighted by Crippen LogP contribution is 2.34. The van der Waals surface area contributed by atoms with Gasteiger partial charge in [0.1, 0.15) is 12.4 Å². The van der Waals surface area contributed by atoms with Gasteiger partial charge in [0.05, 0.1) is 16.6 Å². The van der Waals surface area contributed by atoms with E-state index in [4.69, 9.17) is 37.4 Å². The van der Waals surface area contributed by atoms with Gasteiger partial charge in [-0.05, 0) is 30.3 Å². The summed E-state index contributed by atoms with van der Waals surface area (Å²) in [5, 5.41) is 3.50. The maximum Gasteiger partial charge on any atom is 0.251 e. The molecule has 1 heterocycles. The molecule has 0 aliphatic carbocycles. The Balaban J connectivity index is 1.47. The topological polar surface area (TPSA) is 56.8 Å². The van der Waals surface area contributed by atoms with Gasteiger partial charge >= 0.3 is 0 Å². The van der Waals surface area contributed by atoms with E-state index in [1.807, 2.05) is 0 Å². The predicted octanol–water partition coefficient (Wildman–Crippen LogP) is 3.53. The van der Waals surface area contributed by atoms with Crippen molar-refractivity contribution in [2.24, 2.45) is 0 Å². The van der Waals surface area contributed by atoms with Gasteiger partial charge in [0.15, 0.2) is 11.5 Å². The van der Waals surface area contributed by atoms with Gasteiger partial charge in [-0.2, -0.15) is 0 Å². The Hall–Kier alpha value is -2.11. The van der Waals surface area contributed by atoms with E-state index in [2.05, 4.69) is 5.32 Å². The minimum absolute atomic E-state index is 0.221. The lowest BCUT2D eigenvalue weighted by atomic mass is 10.2. The Kier molecular flexibility index (Phi) is 4.79. The van der Waals surface area contributed by atoms with Crippen molar-refractivity contribution in [3.63, 3.8) is 0 Å². The number of nitrogens with one attached hydrogen (secondary N) is 1. The van der Waals surface area contributed by atoms with Crippen LogP contribution in [0.1, 0.15) is 10.4 Å². The third-order valence-electron chi connectivity index (χ3n) is 3.18. The first-order valence-electron chi connectivity index (χ1n) is 6.89. The molecule has 1 aliphatic rings. The van der Waals surface area contributed by atoms with E-state index in [-0.39, 0.29) is 12.7 Å². The molecule has 0 fully saturated rings. The summed E-state index contributed by atoms with van der Waals surface area (Å²) in [5.41, 5.74) is 0.447. The molecule has 0 saturated heterocycles. The maximum absolute atomic E-state index is 12.0. The third-order valence-corrected chi connectivity index (χ3v) is 3.92. The lowest BCUT2D eigenvalue weighted by Crippen LogP contribution is -2.28. The fourth-order valence-corrected chi connectivity index (χ4v) is 2.34. The van der Waals surface area contributed by atoms with Crippen LogP contribution in [0.3, 0.4) is 0 Å². The molecule has 0 bridgehead atoms. The van der Waals surface area contributed by atoms with Gasteiger partial charge in [-0.25, -0.2) is 0 Å². The van der Waals surface area contributed by atoms with Crippen LogP contribution >= 0.6 is 23.2 Å². The Morgan fingerprint density at radius 2 is 1.91 bits per heavy atom. The van der Waals surface area contributed by atoms with E-state index in [9.17, 15) is 4.79 Å². The summed E-state index contributed by atoms with van der Waals surface area (Å²) in [4.78, 5) is 12.0. The Morgan fingerprint density at radius 1 is 1.09 bits per heavy atom. The van der Waals surface area contributed by atoms with Crippen molar-refractivity contribution in [1.29, 1.82) is 0 Å². The molecule has 7 heteroatoms. The summed E-state index contributed by atoms with van der Waals surface area (Å²) in [7, 11) is 0. The lowest BCUT2D eigenvalue weighted by Gasteiger charge is -2.09. The molecule has 120 valence electrons. The summed E-state index contributed by atoms with van der Waals surface area (Å²) in [5.74, 6) is 1.77. The predicted molar refractivity (Wildman–Crippen MR) is 86.9 cm³/mol. The van der Waals surface area contributed by atoms with E-state index in [0.29, 0.717) is 46.0 Å². The van der Waals surface area contributed by atoms with Gasteiger partial charge in [-0.15, -0.1) is 0 Å². The maximum atomic E-state index is 12.0. The molecule has 1 aliphatic heterocycles. The van der Waals surface area contributed by atoms with Crippen LogP contribution < -0.4 is 19.5 Å². The van der Waals surface area contributed by atoms with Crippen LogP contribution in [0.5, 0.6) is 17.2 Å². The van der Waals surface area contributed by atoms with Crippen molar-refractivity contribution in [2.45, 2.75) is 0 Å². The largest absolute Gasteiger partial charge is 0.492 e. The third kappa shape index (κ3) is 3.81. The van der Waals surface area contributed by atoms with Gasteiger partial charge in [0.2, 0.25) is 6.79 Å². The number of halogens is 2. The number of ether oxygens (including phenoxy) is 3. The number of carbonyl (C=O) groups excluding carboxylic acids is 1. The van der Waals surface area contributed by atoms with Crippen molar-refractivity contribution in [1.82, 2.24) is 5.32 Å². The van der Waals surface area contributed by atoms with Crippen molar-refractivity contribution in [3.05, 3.63) is 52.0 Å². The molecule has 0 radical (unpaired) electrons. The smallest absolute Gasteiger partial charge is 0.251 e. The van der Waals surface area contributed by atoms with Gasteiger partial charge in [-0.3, -0.25) is 4.79 Å². The second kappa shape index (κ2) is 6.98. The molecule has 5 nitrogen and oxygen atoms in total. The monoisotopic (exact) mass is 353 g/mol. The molecule has 2 aromatic rings. The first kappa shape index (κ1) is 15.8. The molecule has 1 amide bonds. The fraction of sp³-hybridized carbons (Fsp3) is 0.188. The average Bonchev–Trinajstić information content (AvgIpc) is 3.01. The first-order chi connectivity index (χ1) is 11.1. The number of amides is 1. The number of hydrogen-bond donors (Lipinski definition) is 1. The van der Waals surface area contributed by atoms with Gasteiger partial charge in [0, 0.05) is 11.6 Å². The van der Waals surface area contributed by atoms with Crippen LogP contribution in [0.15, 0.2) is 36.4 Å². The molecule has 1 N–H and O–H groups in total. The lowest BCUT2D eigenvalue weighted by molar-refractivity contribution is 0.0947. The minimum atomic E-state index is -0.238. The number of carbonyl (C=O) groups is 1. The van der Waals surface area contributed by atoms with E-state index in [1.165, 1.54) is 6.07 Å². The molecule has 3 rings (SSSR count). The summed E-state index contributed by atoms with van der Waals surface area (Å²) in [6.45, 7) is 0.902. The van der Waals surface area contributed by atoms with Crippen LogP contribution in [0.25, 0.3) is 0 Å². The molecule has 0 unspecified atom stereocenters. The van der Waals surface area contributed by atoms with E-state index in [1.54, 1.807) is 30.3 Å². The van der Waals surface area contributed by atoms with Gasteiger partial charge in [0.25, 0.3) is 5.91 Å². The molecule has 0 atom stereocenters. The fourth-order valence-electron chi connectivity index (χ4n) is 2.04. The molecular weight excluding hydrogens is 341 g/mol. The summed E-state index contributed by atoms with van der Waals surface area (Å²) in [6.07, 6.45) is 0. The summed E-state index contributed by atoms with van der Waals surface area (Å²) >= 11 is 11.7. The average molecular weight is 354 g/mol.